The van der Waals surface area contributed by atoms with Gasteiger partial charge in [-0.25, -0.2) is 4.39 Å². The Hall–Kier alpha value is -2.16. The third-order valence-corrected chi connectivity index (χ3v) is 2.14. The highest BCUT2D eigenvalue weighted by Crippen LogP contribution is 2.09. The van der Waals surface area contributed by atoms with Gasteiger partial charge in [0.15, 0.2) is 0 Å². The van der Waals surface area contributed by atoms with Crippen LogP contribution in [0.15, 0.2) is 54.6 Å². The summed E-state index contributed by atoms with van der Waals surface area (Å²) >= 11 is 0. The molecule has 0 fully saturated rings. The van der Waals surface area contributed by atoms with Crippen molar-refractivity contribution in [2.75, 3.05) is 5.32 Å². The fraction of sp³-hybridized carbons (Fsp3) is 0. The molecule has 16 heavy (non-hydrogen) atoms. The molecule has 0 aliphatic rings. The summed E-state index contributed by atoms with van der Waals surface area (Å²) in [5, 5.41) is 2.72. The molecule has 0 radical (unpaired) electrons. The summed E-state index contributed by atoms with van der Waals surface area (Å²) < 4.78 is 12.6. The number of carbonyl (C=O) groups excluding carboxylic acids is 1. The lowest BCUT2D eigenvalue weighted by Gasteiger charge is -2.04. The van der Waals surface area contributed by atoms with Crippen LogP contribution in [0.5, 0.6) is 0 Å². The summed E-state index contributed by atoms with van der Waals surface area (Å²) in [6.07, 6.45) is 0. The van der Waals surface area contributed by atoms with E-state index in [2.05, 4.69) is 5.32 Å². The Balaban J connectivity index is 2.12. The molecule has 2 aromatic carbocycles. The number of anilines is 1. The van der Waals surface area contributed by atoms with Gasteiger partial charge in [-0.1, -0.05) is 18.2 Å². The van der Waals surface area contributed by atoms with Crippen LogP contribution in [-0.2, 0) is 0 Å². The number of benzene rings is 2. The van der Waals surface area contributed by atoms with Crippen LogP contribution in [0.2, 0.25) is 0 Å². The summed E-state index contributed by atoms with van der Waals surface area (Å²) in [4.78, 5) is 11.7. The average Bonchev–Trinajstić information content (AvgIpc) is 2.31. The summed E-state index contributed by atoms with van der Waals surface area (Å²) in [7, 11) is 0. The first-order valence-corrected chi connectivity index (χ1v) is 4.88. The Bertz CT molecular complexity index is 479. The molecule has 0 aliphatic heterocycles. The molecule has 0 heterocycles. The van der Waals surface area contributed by atoms with Crippen molar-refractivity contribution in [3.8, 4) is 0 Å². The van der Waals surface area contributed by atoms with E-state index in [0.717, 1.165) is 5.69 Å². The van der Waals surface area contributed by atoms with Crippen molar-refractivity contribution in [2.24, 2.45) is 0 Å². The van der Waals surface area contributed by atoms with E-state index in [1.54, 1.807) is 12.1 Å². The van der Waals surface area contributed by atoms with E-state index in [-0.39, 0.29) is 11.7 Å². The van der Waals surface area contributed by atoms with Crippen LogP contribution in [0.3, 0.4) is 0 Å². The van der Waals surface area contributed by atoms with Crippen LogP contribution in [0.1, 0.15) is 10.4 Å². The van der Waals surface area contributed by atoms with E-state index in [1.165, 1.54) is 24.3 Å². The van der Waals surface area contributed by atoms with E-state index in [1.807, 2.05) is 18.2 Å². The predicted octanol–water partition coefficient (Wildman–Crippen LogP) is 3.08. The zero-order valence-corrected chi connectivity index (χ0v) is 8.48. The molecule has 0 aromatic heterocycles. The van der Waals surface area contributed by atoms with E-state index in [0.29, 0.717) is 5.56 Å². The minimum absolute atomic E-state index is 0.244. The van der Waals surface area contributed by atoms with Crippen molar-refractivity contribution in [3.05, 3.63) is 66.0 Å². The summed E-state index contributed by atoms with van der Waals surface area (Å²) in [6.45, 7) is 0. The highest BCUT2D eigenvalue weighted by molar-refractivity contribution is 6.04. The Morgan fingerprint density at radius 3 is 2.19 bits per heavy atom. The maximum atomic E-state index is 12.6. The highest BCUT2D eigenvalue weighted by atomic mass is 19.1. The molecule has 0 aliphatic carbocycles. The lowest BCUT2D eigenvalue weighted by Crippen LogP contribution is -2.11. The number of halogens is 1. The van der Waals surface area contributed by atoms with Gasteiger partial charge in [0.2, 0.25) is 0 Å². The molecule has 0 bridgehead atoms. The molecule has 0 unspecified atom stereocenters. The van der Waals surface area contributed by atoms with E-state index in [9.17, 15) is 9.18 Å². The van der Waals surface area contributed by atoms with Gasteiger partial charge in [-0.05, 0) is 36.4 Å². The van der Waals surface area contributed by atoms with Gasteiger partial charge < -0.3 is 5.32 Å². The fourth-order valence-electron chi connectivity index (χ4n) is 1.33. The summed E-state index contributed by atoms with van der Waals surface area (Å²) in [5.74, 6) is -0.595. The average molecular weight is 215 g/mol. The normalized spacial score (nSPS) is 9.81. The molecule has 2 rings (SSSR count). The molecule has 0 saturated carbocycles. The van der Waals surface area contributed by atoms with Gasteiger partial charge in [-0.2, -0.15) is 0 Å². The van der Waals surface area contributed by atoms with Gasteiger partial charge in [0.25, 0.3) is 5.91 Å². The standard InChI is InChI=1S/C13H10FNO/c14-11-8-6-10(7-9-11)13(16)15-12-4-2-1-3-5-12/h1-9H,(H,15,16). The second kappa shape index (κ2) is 4.57. The lowest BCUT2D eigenvalue weighted by atomic mass is 10.2. The fourth-order valence-corrected chi connectivity index (χ4v) is 1.33. The third kappa shape index (κ3) is 2.45. The molecule has 80 valence electrons. The van der Waals surface area contributed by atoms with Crippen LogP contribution in [0.4, 0.5) is 10.1 Å². The zero-order valence-electron chi connectivity index (χ0n) is 8.48. The van der Waals surface area contributed by atoms with Crippen molar-refractivity contribution < 1.29 is 9.18 Å². The van der Waals surface area contributed by atoms with E-state index >= 15 is 0 Å². The number of amides is 1. The molecule has 2 nitrogen and oxygen atoms in total. The molecule has 3 heteroatoms. The maximum Gasteiger partial charge on any atom is 0.255 e. The van der Waals surface area contributed by atoms with Crippen molar-refractivity contribution >= 4 is 11.6 Å². The molecule has 0 atom stereocenters. The summed E-state index contributed by atoms with van der Waals surface area (Å²) in [5.41, 5.74) is 1.15. The van der Waals surface area contributed by atoms with Crippen LogP contribution in [0.25, 0.3) is 0 Å². The number of para-hydroxylation sites is 1. The van der Waals surface area contributed by atoms with Crippen LogP contribution >= 0.6 is 0 Å². The molecule has 1 N–H and O–H groups in total. The first kappa shape index (κ1) is 10.4. The molecular weight excluding hydrogens is 205 g/mol. The first-order chi connectivity index (χ1) is 7.75. The highest BCUT2D eigenvalue weighted by Gasteiger charge is 2.05. The molecule has 2 aromatic rings. The van der Waals surface area contributed by atoms with Gasteiger partial charge in [0, 0.05) is 11.3 Å². The van der Waals surface area contributed by atoms with Crippen LogP contribution in [0, 0.1) is 5.82 Å². The van der Waals surface area contributed by atoms with Crippen LogP contribution in [-0.4, -0.2) is 5.91 Å². The number of carbonyl (C=O) groups is 1. The smallest absolute Gasteiger partial charge is 0.255 e. The molecule has 0 saturated heterocycles. The Kier molecular flexibility index (Phi) is 2.96. The second-order valence-corrected chi connectivity index (χ2v) is 3.33. The molecule has 0 spiro atoms. The first-order valence-electron chi connectivity index (χ1n) is 4.88. The van der Waals surface area contributed by atoms with Crippen molar-refractivity contribution in [3.63, 3.8) is 0 Å². The van der Waals surface area contributed by atoms with Gasteiger partial charge >= 0.3 is 0 Å². The number of hydrogen-bond acceptors (Lipinski definition) is 1. The zero-order chi connectivity index (χ0) is 11.4. The van der Waals surface area contributed by atoms with E-state index in [4.69, 9.17) is 0 Å². The summed E-state index contributed by atoms with van der Waals surface area (Å²) in [6, 6.07) is 14.6. The van der Waals surface area contributed by atoms with Crippen molar-refractivity contribution in [1.82, 2.24) is 0 Å². The van der Waals surface area contributed by atoms with Crippen LogP contribution < -0.4 is 5.32 Å². The van der Waals surface area contributed by atoms with Gasteiger partial charge in [0.1, 0.15) is 5.82 Å². The number of hydrogen-bond donors (Lipinski definition) is 1. The van der Waals surface area contributed by atoms with Gasteiger partial charge in [-0.15, -0.1) is 0 Å². The van der Waals surface area contributed by atoms with Crippen molar-refractivity contribution in [1.29, 1.82) is 0 Å². The molecule has 1 amide bonds. The quantitative estimate of drug-likeness (QED) is 0.819. The molecular formula is C13H10FNO. The van der Waals surface area contributed by atoms with Gasteiger partial charge in [0.05, 0.1) is 0 Å². The Labute approximate surface area is 92.7 Å². The Morgan fingerprint density at radius 2 is 1.56 bits per heavy atom. The second-order valence-electron chi connectivity index (χ2n) is 3.33. The Morgan fingerprint density at radius 1 is 0.938 bits per heavy atom. The third-order valence-electron chi connectivity index (χ3n) is 2.14. The number of nitrogens with one attached hydrogen (secondary N) is 1. The SMILES string of the molecule is O=C(Nc1ccccc1)c1ccc(F)cc1. The van der Waals surface area contributed by atoms with E-state index < -0.39 is 0 Å². The lowest BCUT2D eigenvalue weighted by molar-refractivity contribution is 0.102. The van der Waals surface area contributed by atoms with Crippen molar-refractivity contribution in [2.45, 2.75) is 0 Å². The topological polar surface area (TPSA) is 29.1 Å². The monoisotopic (exact) mass is 215 g/mol. The number of rotatable bonds is 2. The maximum absolute atomic E-state index is 12.6. The minimum atomic E-state index is -0.351. The minimum Gasteiger partial charge on any atom is -0.322 e. The van der Waals surface area contributed by atoms with Gasteiger partial charge in [-0.3, -0.25) is 4.79 Å². The largest absolute Gasteiger partial charge is 0.322 e. The predicted molar refractivity (Wildman–Crippen MR) is 60.8 cm³/mol.